The minimum atomic E-state index is 0.183. The molecule has 6 aromatic heterocycles. The van der Waals surface area contributed by atoms with Crippen molar-refractivity contribution in [3.8, 4) is 0 Å². The summed E-state index contributed by atoms with van der Waals surface area (Å²) < 4.78 is 33.3. The average molecular weight is 1660 g/mol. The molecule has 0 saturated carbocycles. The number of likely N-dealkylation sites (N-methyl/N-ethyl adjacent to an activating group) is 1. The van der Waals surface area contributed by atoms with Crippen LogP contribution in [0.1, 0.15) is 364 Å². The van der Waals surface area contributed by atoms with Crippen molar-refractivity contribution in [2.24, 2.45) is 0 Å². The average Bonchev–Trinajstić information content (AvgIpc) is 1.62. The van der Waals surface area contributed by atoms with Crippen LogP contribution in [0.5, 0.6) is 0 Å². The number of rotatable bonds is 34. The first-order valence-corrected chi connectivity index (χ1v) is 46.9. The predicted molar refractivity (Wildman–Crippen MR) is 496 cm³/mol. The maximum Gasteiger partial charge on any atom is 0.0583 e. The van der Waals surface area contributed by atoms with E-state index in [4.69, 9.17) is 63.4 Å². The smallest absolute Gasteiger partial charge is 0.0583 e. The van der Waals surface area contributed by atoms with Gasteiger partial charge in [-0.1, -0.05) is 161 Å². The van der Waals surface area contributed by atoms with Crippen LogP contribution in [0.15, 0.2) is 72.8 Å². The lowest BCUT2D eigenvalue weighted by atomic mass is 9.95. The molecule has 6 aliphatic rings. The van der Waals surface area contributed by atoms with E-state index in [0.29, 0.717) is 89.6 Å². The predicted octanol–water partition coefficient (Wildman–Crippen LogP) is 19.9. The largest absolute Gasteiger partial charge is 0.395 e. The molecule has 0 spiro atoms. The van der Waals surface area contributed by atoms with E-state index in [1.54, 1.807) is 0 Å². The molecule has 0 aliphatic carbocycles. The fourth-order valence-corrected chi connectivity index (χ4v) is 16.1. The van der Waals surface area contributed by atoms with E-state index in [9.17, 15) is 0 Å². The fraction of sp³-hybridized carbons (Fsp3) is 0.703. The fourth-order valence-electron chi connectivity index (χ4n) is 16.1. The van der Waals surface area contributed by atoms with E-state index in [1.165, 1.54) is 90.3 Å². The third kappa shape index (κ3) is 31.8. The molecule has 0 amide bonds. The highest BCUT2D eigenvalue weighted by Gasteiger charge is 2.30. The molecular weight excluding hydrogens is 1490 g/mol. The van der Waals surface area contributed by atoms with E-state index >= 15 is 0 Å². The van der Waals surface area contributed by atoms with Crippen LogP contribution in [-0.2, 0) is 67.7 Å². The molecular formula is C101H166N12O7. The van der Waals surface area contributed by atoms with Gasteiger partial charge in [0.2, 0.25) is 0 Å². The van der Waals surface area contributed by atoms with E-state index in [1.807, 2.05) is 7.05 Å². The summed E-state index contributed by atoms with van der Waals surface area (Å²) in [5.41, 5.74) is 22.8. The Morgan fingerprint density at radius 3 is 0.617 bits per heavy atom. The number of pyridine rings is 6. The zero-order valence-electron chi connectivity index (χ0n) is 79.9. The van der Waals surface area contributed by atoms with Gasteiger partial charge in [0.05, 0.1) is 80.4 Å². The first kappa shape index (κ1) is 101. The minimum Gasteiger partial charge on any atom is -0.395 e. The normalized spacial score (nSPS) is 19.3. The topological polar surface area (TPSA) is 172 Å². The molecule has 0 radical (unpaired) electrons. The zero-order valence-corrected chi connectivity index (χ0v) is 79.9. The van der Waals surface area contributed by atoms with Gasteiger partial charge in [0.1, 0.15) is 0 Å². The summed E-state index contributed by atoms with van der Waals surface area (Å²) in [6.45, 7) is 71.8. The van der Waals surface area contributed by atoms with Crippen LogP contribution in [0.3, 0.4) is 0 Å². The molecule has 12 rings (SSSR count). The van der Waals surface area contributed by atoms with Crippen molar-refractivity contribution in [3.63, 3.8) is 0 Å². The van der Waals surface area contributed by atoms with Crippen molar-refractivity contribution in [3.05, 3.63) is 175 Å². The summed E-state index contributed by atoms with van der Waals surface area (Å²) >= 11 is 0. The van der Waals surface area contributed by atoms with Crippen molar-refractivity contribution in [2.45, 2.75) is 313 Å². The molecule has 19 heteroatoms. The van der Waals surface area contributed by atoms with Gasteiger partial charge in [0.15, 0.2) is 0 Å². The first-order chi connectivity index (χ1) is 57.5. The zero-order chi connectivity index (χ0) is 87.5. The molecule has 6 atom stereocenters. The molecule has 6 aromatic rings. The highest BCUT2D eigenvalue weighted by Crippen LogP contribution is 2.36. The number of aromatic nitrogens is 6. The Kier molecular flexibility index (Phi) is 44.8. The Bertz CT molecular complexity index is 3390. The van der Waals surface area contributed by atoms with Gasteiger partial charge in [0.25, 0.3) is 0 Å². The summed E-state index contributed by atoms with van der Waals surface area (Å²) in [7, 11) is 6.36. The van der Waals surface area contributed by atoms with Crippen LogP contribution in [0.25, 0.3) is 0 Å². The minimum absolute atomic E-state index is 0.183. The van der Waals surface area contributed by atoms with Crippen LogP contribution in [-0.4, -0.2) is 229 Å². The molecule has 672 valence electrons. The second-order valence-corrected chi connectivity index (χ2v) is 36.8. The van der Waals surface area contributed by atoms with Gasteiger partial charge in [-0.3, -0.25) is 59.3 Å². The highest BCUT2D eigenvalue weighted by molar-refractivity contribution is 5.34. The Morgan fingerprint density at radius 2 is 0.467 bits per heavy atom. The number of ether oxygens (including phenoxy) is 6. The van der Waals surface area contributed by atoms with Crippen molar-refractivity contribution >= 4 is 0 Å². The highest BCUT2D eigenvalue weighted by atomic mass is 16.5. The molecule has 120 heavy (non-hydrogen) atoms. The summed E-state index contributed by atoms with van der Waals surface area (Å²) in [6.07, 6.45) is 6.73. The van der Waals surface area contributed by atoms with E-state index in [2.05, 4.69) is 269 Å². The molecule has 6 aliphatic heterocycles. The van der Waals surface area contributed by atoms with Gasteiger partial charge >= 0.3 is 0 Å². The molecule has 6 saturated heterocycles. The molecule has 19 nitrogen and oxygen atoms in total. The molecule has 0 aromatic carbocycles. The number of aliphatic hydroxyl groups is 1. The van der Waals surface area contributed by atoms with Crippen molar-refractivity contribution in [2.75, 3.05) is 153 Å². The summed E-state index contributed by atoms with van der Waals surface area (Å²) in [5, 5.41) is 9.06. The Balaban J connectivity index is 0.000000198. The van der Waals surface area contributed by atoms with Crippen LogP contribution in [0.4, 0.5) is 0 Å². The molecule has 0 bridgehead atoms. The van der Waals surface area contributed by atoms with Gasteiger partial charge in [-0.2, -0.15) is 0 Å². The van der Waals surface area contributed by atoms with Gasteiger partial charge in [-0.25, -0.2) is 0 Å². The molecule has 6 fully saturated rings. The van der Waals surface area contributed by atoms with Gasteiger partial charge < -0.3 is 33.5 Å². The van der Waals surface area contributed by atoms with E-state index in [-0.39, 0.29) is 6.61 Å². The van der Waals surface area contributed by atoms with Crippen molar-refractivity contribution < 1.29 is 33.5 Å². The summed E-state index contributed by atoms with van der Waals surface area (Å²) in [4.78, 5) is 43.7. The second kappa shape index (κ2) is 53.0. The van der Waals surface area contributed by atoms with E-state index in [0.717, 1.165) is 208 Å². The standard InChI is InChI=1S/5C17H28N2O.C16H26N2O2/c2*1-12(2)16-7-6-15(14-8-9-20-11-14)17(18-16)10-19(5)13(3)4;3*1-5-19(6-2)11-17-15(14-9-10-20-12-14)7-8-16(18-17)13(3)4;1-12(2)15-5-4-14(13-6-9-20-11-13)16(17-15)10-18(3)7-8-19/h2*6-7,12-14H,8-11H2,1-5H3;3*7-8,13-14H,5-6,9-12H2,1-4H3;4-5,12-13,19H,6-11H2,1-3H3/t4*14-;;/m1010../s1. The Hall–Kier alpha value is -5.62. The van der Waals surface area contributed by atoms with E-state index < -0.39 is 0 Å². The second-order valence-electron chi connectivity index (χ2n) is 36.8. The van der Waals surface area contributed by atoms with Crippen LogP contribution in [0.2, 0.25) is 0 Å². The van der Waals surface area contributed by atoms with Crippen molar-refractivity contribution in [1.82, 2.24) is 59.3 Å². The lowest BCUT2D eigenvalue weighted by molar-refractivity contribution is 0.193. The third-order valence-corrected chi connectivity index (χ3v) is 25.2. The third-order valence-electron chi connectivity index (χ3n) is 25.2. The summed E-state index contributed by atoms with van der Waals surface area (Å²) in [6, 6.07) is 27.9. The number of hydrogen-bond donors (Lipinski definition) is 1. The maximum atomic E-state index is 9.06. The van der Waals surface area contributed by atoms with Crippen LogP contribution < -0.4 is 0 Å². The van der Waals surface area contributed by atoms with Crippen LogP contribution in [0, 0.1) is 0 Å². The van der Waals surface area contributed by atoms with Gasteiger partial charge in [-0.15, -0.1) is 0 Å². The first-order valence-electron chi connectivity index (χ1n) is 46.9. The maximum absolute atomic E-state index is 9.06. The van der Waals surface area contributed by atoms with Crippen molar-refractivity contribution in [1.29, 1.82) is 0 Å². The molecule has 12 heterocycles. The number of aliphatic hydroxyl groups excluding tert-OH is 1. The quantitative estimate of drug-likeness (QED) is 0.0404. The number of hydrogen-bond acceptors (Lipinski definition) is 19. The summed E-state index contributed by atoms with van der Waals surface area (Å²) in [5.74, 6) is 5.99. The monoisotopic (exact) mass is 1660 g/mol. The number of nitrogens with zero attached hydrogens (tertiary/aromatic N) is 12. The van der Waals surface area contributed by atoms with Gasteiger partial charge in [0, 0.05) is 167 Å². The lowest BCUT2D eigenvalue weighted by Gasteiger charge is -2.24. The van der Waals surface area contributed by atoms with Crippen LogP contribution >= 0.6 is 0 Å². The SMILES string of the molecule is CC(C)c1ccc(C2CCOC2)c(CN(C)CCO)n1.CC(C)c1ccc([C@@H]2CCOC2)c(CN(C)C(C)C)n1.CC(C)c1ccc([C@H]2CCOC2)c(CN(C)C(C)C)n1.CCN(CC)Cc1nc(C(C)C)ccc1C1CCOC1.CCN(CC)Cc1nc(C(C)C)ccc1[C@@H]1CCOC1.CCN(CC)Cc1nc(C(C)C)ccc1[C@H]1CCOC1. The Morgan fingerprint density at radius 1 is 0.283 bits per heavy atom. The lowest BCUT2D eigenvalue weighted by Crippen LogP contribution is -2.27. The molecule has 1 N–H and O–H groups in total. The Labute approximate surface area is 729 Å². The molecule has 2 unspecified atom stereocenters. The van der Waals surface area contributed by atoms with Gasteiger partial charge in [-0.05, 0) is 232 Å².